The Morgan fingerprint density at radius 3 is 2.81 bits per heavy atom. The zero-order chi connectivity index (χ0) is 15.4. The zero-order valence-electron chi connectivity index (χ0n) is 11.7. The van der Waals surface area contributed by atoms with Crippen molar-refractivity contribution in [2.24, 2.45) is 0 Å². The van der Waals surface area contributed by atoms with Crippen molar-refractivity contribution in [3.05, 3.63) is 18.2 Å². The summed E-state index contributed by atoms with van der Waals surface area (Å²) in [6.45, 7) is 1.84. The van der Waals surface area contributed by atoms with Gasteiger partial charge in [0.25, 0.3) is 0 Å². The van der Waals surface area contributed by atoms with Gasteiger partial charge in [0, 0.05) is 39.4 Å². The number of carbonyl (C=O) groups is 3. The van der Waals surface area contributed by atoms with E-state index in [4.69, 9.17) is 5.11 Å². The first-order chi connectivity index (χ1) is 9.97. The van der Waals surface area contributed by atoms with E-state index in [0.717, 1.165) is 0 Å². The monoisotopic (exact) mass is 295 g/mol. The van der Waals surface area contributed by atoms with Crippen molar-refractivity contribution in [3.8, 4) is 0 Å². The molecule has 1 aliphatic heterocycles. The van der Waals surface area contributed by atoms with Crippen LogP contribution in [-0.4, -0.2) is 75.6 Å². The number of rotatable bonds is 4. The first-order valence-electron chi connectivity index (χ1n) is 6.49. The van der Waals surface area contributed by atoms with Gasteiger partial charge in [-0.1, -0.05) is 0 Å². The van der Waals surface area contributed by atoms with Crippen LogP contribution in [0.25, 0.3) is 0 Å². The Bertz CT molecular complexity index is 556. The second-order valence-corrected chi connectivity index (χ2v) is 4.77. The molecule has 0 radical (unpaired) electrons. The largest absolute Gasteiger partial charge is 0.476 e. The topological polar surface area (TPSA) is 108 Å². The SMILES string of the molecule is CN1CCN(C(=O)NCCn2cnc(C(=O)O)c2)CC1=O. The second-order valence-electron chi connectivity index (χ2n) is 4.77. The summed E-state index contributed by atoms with van der Waals surface area (Å²) in [6, 6.07) is -0.296. The summed E-state index contributed by atoms with van der Waals surface area (Å²) in [5, 5.41) is 11.4. The maximum absolute atomic E-state index is 11.9. The summed E-state index contributed by atoms with van der Waals surface area (Å²) in [5.74, 6) is -1.18. The van der Waals surface area contributed by atoms with Crippen LogP contribution in [0.2, 0.25) is 0 Å². The quantitative estimate of drug-likeness (QED) is 0.746. The molecule has 0 atom stereocenters. The molecule has 0 aliphatic carbocycles. The molecule has 21 heavy (non-hydrogen) atoms. The highest BCUT2D eigenvalue weighted by Gasteiger charge is 2.24. The molecule has 2 heterocycles. The molecule has 0 unspecified atom stereocenters. The number of piperazine rings is 1. The van der Waals surface area contributed by atoms with E-state index in [1.807, 2.05) is 0 Å². The highest BCUT2D eigenvalue weighted by Crippen LogP contribution is 2.01. The van der Waals surface area contributed by atoms with Crippen LogP contribution in [0.3, 0.4) is 0 Å². The lowest BCUT2D eigenvalue weighted by molar-refractivity contribution is -0.133. The van der Waals surface area contributed by atoms with Gasteiger partial charge in [0.15, 0.2) is 5.69 Å². The van der Waals surface area contributed by atoms with Gasteiger partial charge in [-0.2, -0.15) is 0 Å². The van der Waals surface area contributed by atoms with E-state index in [0.29, 0.717) is 26.2 Å². The van der Waals surface area contributed by atoms with E-state index in [1.165, 1.54) is 17.4 Å². The van der Waals surface area contributed by atoms with Gasteiger partial charge in [-0.15, -0.1) is 0 Å². The van der Waals surface area contributed by atoms with Crippen molar-refractivity contribution < 1.29 is 19.5 Å². The number of nitrogens with one attached hydrogen (secondary N) is 1. The Kier molecular flexibility index (Phi) is 4.41. The fourth-order valence-electron chi connectivity index (χ4n) is 1.93. The lowest BCUT2D eigenvalue weighted by atomic mass is 10.3. The van der Waals surface area contributed by atoms with Crippen molar-refractivity contribution in [2.45, 2.75) is 6.54 Å². The van der Waals surface area contributed by atoms with Crippen LogP contribution in [0, 0.1) is 0 Å². The molecule has 3 amide bonds. The first-order valence-corrected chi connectivity index (χ1v) is 6.49. The standard InChI is InChI=1S/C12H17N5O4/c1-15-4-5-17(7-10(15)18)12(21)13-2-3-16-6-9(11(19)20)14-8-16/h6,8H,2-5,7H2,1H3,(H,13,21)(H,19,20). The van der Waals surface area contributed by atoms with E-state index in [2.05, 4.69) is 10.3 Å². The Balaban J connectivity index is 1.76. The lowest BCUT2D eigenvalue weighted by Crippen LogP contribution is -2.53. The van der Waals surface area contributed by atoms with Crippen molar-refractivity contribution >= 4 is 17.9 Å². The summed E-state index contributed by atoms with van der Waals surface area (Å²) < 4.78 is 1.58. The van der Waals surface area contributed by atoms with Crippen LogP contribution in [0.5, 0.6) is 0 Å². The average molecular weight is 295 g/mol. The summed E-state index contributed by atoms with van der Waals surface area (Å²) in [7, 11) is 1.71. The van der Waals surface area contributed by atoms with Crippen LogP contribution >= 0.6 is 0 Å². The molecule has 9 nitrogen and oxygen atoms in total. The van der Waals surface area contributed by atoms with Crippen LogP contribution < -0.4 is 5.32 Å². The number of carboxylic acids is 1. The van der Waals surface area contributed by atoms with Gasteiger partial charge in [-0.25, -0.2) is 14.6 Å². The number of hydrogen-bond donors (Lipinski definition) is 2. The van der Waals surface area contributed by atoms with Gasteiger partial charge in [-0.3, -0.25) is 4.79 Å². The molecule has 1 aromatic rings. The van der Waals surface area contributed by atoms with Crippen molar-refractivity contribution in [2.75, 3.05) is 33.2 Å². The second kappa shape index (κ2) is 6.25. The molecule has 0 spiro atoms. The smallest absolute Gasteiger partial charge is 0.356 e. The molecule has 114 valence electrons. The Labute approximate surface area is 121 Å². The number of aromatic carboxylic acids is 1. The number of nitrogens with zero attached hydrogens (tertiary/aromatic N) is 4. The van der Waals surface area contributed by atoms with E-state index in [9.17, 15) is 14.4 Å². The van der Waals surface area contributed by atoms with Gasteiger partial charge in [0.05, 0.1) is 6.33 Å². The highest BCUT2D eigenvalue weighted by molar-refractivity contribution is 5.85. The molecule has 1 saturated heterocycles. The number of urea groups is 1. The Hall–Kier alpha value is -2.58. The molecule has 0 bridgehead atoms. The minimum Gasteiger partial charge on any atom is -0.476 e. The zero-order valence-corrected chi connectivity index (χ0v) is 11.7. The molecule has 1 fully saturated rings. The lowest BCUT2D eigenvalue weighted by Gasteiger charge is -2.31. The van der Waals surface area contributed by atoms with E-state index in [1.54, 1.807) is 16.5 Å². The molecule has 2 N–H and O–H groups in total. The Morgan fingerprint density at radius 2 is 2.19 bits per heavy atom. The van der Waals surface area contributed by atoms with Gasteiger partial charge in [-0.05, 0) is 0 Å². The number of carbonyl (C=O) groups excluding carboxylic acids is 2. The van der Waals surface area contributed by atoms with E-state index < -0.39 is 5.97 Å². The van der Waals surface area contributed by atoms with Crippen LogP contribution in [-0.2, 0) is 11.3 Å². The van der Waals surface area contributed by atoms with Crippen LogP contribution in [0.15, 0.2) is 12.5 Å². The third-order valence-electron chi connectivity index (χ3n) is 3.24. The van der Waals surface area contributed by atoms with Crippen molar-refractivity contribution in [3.63, 3.8) is 0 Å². The highest BCUT2D eigenvalue weighted by atomic mass is 16.4. The van der Waals surface area contributed by atoms with E-state index >= 15 is 0 Å². The van der Waals surface area contributed by atoms with Gasteiger partial charge in [0.1, 0.15) is 6.54 Å². The predicted octanol–water partition coefficient (Wildman–Crippen LogP) is -0.935. The van der Waals surface area contributed by atoms with Gasteiger partial charge >= 0.3 is 12.0 Å². The molecule has 1 aliphatic rings. The summed E-state index contributed by atoms with van der Waals surface area (Å²) in [5.41, 5.74) is -0.0361. The van der Waals surface area contributed by atoms with E-state index in [-0.39, 0.29) is 24.2 Å². The number of hydrogen-bond acceptors (Lipinski definition) is 4. The molecular weight excluding hydrogens is 278 g/mol. The molecule has 0 aromatic carbocycles. The number of aromatic nitrogens is 2. The van der Waals surface area contributed by atoms with Crippen LogP contribution in [0.4, 0.5) is 4.79 Å². The average Bonchev–Trinajstić information content (AvgIpc) is 2.91. The van der Waals surface area contributed by atoms with Crippen molar-refractivity contribution in [1.82, 2.24) is 24.7 Å². The molecule has 2 rings (SSSR count). The molecule has 0 saturated carbocycles. The maximum Gasteiger partial charge on any atom is 0.356 e. The number of amides is 3. The summed E-state index contributed by atoms with van der Waals surface area (Å²) in [6.07, 6.45) is 2.79. The third-order valence-corrected chi connectivity index (χ3v) is 3.24. The minimum atomic E-state index is -1.09. The first kappa shape index (κ1) is 14.8. The normalized spacial score (nSPS) is 15.2. The fourth-order valence-corrected chi connectivity index (χ4v) is 1.93. The summed E-state index contributed by atoms with van der Waals surface area (Å²) in [4.78, 5) is 40.8. The predicted molar refractivity (Wildman–Crippen MR) is 71.8 cm³/mol. The van der Waals surface area contributed by atoms with Gasteiger partial charge in [0.2, 0.25) is 5.91 Å². The number of likely N-dealkylation sites (N-methyl/N-ethyl adjacent to an activating group) is 1. The molecule has 9 heteroatoms. The number of imidazole rings is 1. The van der Waals surface area contributed by atoms with Crippen LogP contribution in [0.1, 0.15) is 10.5 Å². The van der Waals surface area contributed by atoms with Crippen molar-refractivity contribution in [1.29, 1.82) is 0 Å². The van der Waals surface area contributed by atoms with Gasteiger partial charge < -0.3 is 24.8 Å². The number of carboxylic acid groups (broad SMARTS) is 1. The Morgan fingerprint density at radius 1 is 1.43 bits per heavy atom. The minimum absolute atomic E-state index is 0.0361. The third kappa shape index (κ3) is 3.71. The molecule has 1 aromatic heterocycles. The summed E-state index contributed by atoms with van der Waals surface area (Å²) >= 11 is 0. The maximum atomic E-state index is 11.9. The molecular formula is C12H17N5O4. The fraction of sp³-hybridized carbons (Fsp3) is 0.500.